The summed E-state index contributed by atoms with van der Waals surface area (Å²) in [7, 11) is 1.66. The van der Waals surface area contributed by atoms with E-state index in [1.54, 1.807) is 19.1 Å². The molecule has 1 aliphatic heterocycles. The van der Waals surface area contributed by atoms with Gasteiger partial charge < -0.3 is 25.6 Å². The number of benzene rings is 3. The number of aliphatic hydroxyl groups excluding tert-OH is 2. The maximum absolute atomic E-state index is 14.1. The molecule has 1 amide bonds. The van der Waals surface area contributed by atoms with Crippen LogP contribution in [0.2, 0.25) is 0 Å². The van der Waals surface area contributed by atoms with Crippen molar-refractivity contribution in [1.29, 1.82) is 0 Å². The number of ether oxygens (including phenoxy) is 1. The van der Waals surface area contributed by atoms with Crippen molar-refractivity contribution in [3.05, 3.63) is 83.9 Å². The largest absolute Gasteiger partial charge is 0.496 e. The van der Waals surface area contributed by atoms with Gasteiger partial charge in [-0.2, -0.15) is 5.06 Å². The Morgan fingerprint density at radius 3 is 2.54 bits per heavy atom. The summed E-state index contributed by atoms with van der Waals surface area (Å²) in [6.45, 7) is 9.45. The molecule has 3 saturated carbocycles. The zero-order valence-corrected chi connectivity index (χ0v) is 29.1. The monoisotopic (exact) mass is 655 g/mol. The first-order valence-corrected chi connectivity index (χ1v) is 17.7. The lowest BCUT2D eigenvalue weighted by Crippen LogP contribution is -2.62. The van der Waals surface area contributed by atoms with Crippen LogP contribution in [0.3, 0.4) is 0 Å². The molecule has 4 N–H and O–H groups in total. The number of carbonyl (C=O) groups is 1. The SMILES string of the molecule is COc1c(CN2O[C@@H](CO)[C@H]([C@H](C)O)[C@H]2C(=O)N[C@H]2C[C@H]3C[C@H]([C@@H]2C)C3(C)C)cccc1-c1cccc(NCCCc2ccccc2)c1. The highest BCUT2D eigenvalue weighted by Gasteiger charge is 2.57. The van der Waals surface area contributed by atoms with E-state index < -0.39 is 24.2 Å². The van der Waals surface area contributed by atoms with Gasteiger partial charge in [-0.25, -0.2) is 0 Å². The summed E-state index contributed by atoms with van der Waals surface area (Å²) in [5.41, 5.74) is 5.49. The van der Waals surface area contributed by atoms with Gasteiger partial charge in [-0.3, -0.25) is 9.63 Å². The highest BCUT2D eigenvalue weighted by molar-refractivity contribution is 5.83. The van der Waals surface area contributed by atoms with Crippen molar-refractivity contribution in [2.24, 2.45) is 29.1 Å². The maximum Gasteiger partial charge on any atom is 0.240 e. The molecule has 8 atom stereocenters. The third-order valence-electron chi connectivity index (χ3n) is 11.7. The van der Waals surface area contributed by atoms with Gasteiger partial charge in [0.2, 0.25) is 5.91 Å². The van der Waals surface area contributed by atoms with Crippen molar-refractivity contribution in [3.63, 3.8) is 0 Å². The van der Waals surface area contributed by atoms with Crippen LogP contribution in [0.4, 0.5) is 5.69 Å². The molecular weight excluding hydrogens is 602 g/mol. The predicted octanol–water partition coefficient (Wildman–Crippen LogP) is 6.07. The van der Waals surface area contributed by atoms with E-state index in [4.69, 9.17) is 9.57 Å². The first kappa shape index (κ1) is 34.4. The number of para-hydroxylation sites is 1. The van der Waals surface area contributed by atoms with Crippen LogP contribution in [0.25, 0.3) is 11.1 Å². The highest BCUT2D eigenvalue weighted by Crippen LogP contribution is 2.61. The fourth-order valence-electron chi connectivity index (χ4n) is 8.80. The number of rotatable bonds is 13. The van der Waals surface area contributed by atoms with Gasteiger partial charge in [0.1, 0.15) is 17.9 Å². The third-order valence-corrected chi connectivity index (χ3v) is 11.7. The summed E-state index contributed by atoms with van der Waals surface area (Å²) in [6, 6.07) is 24.2. The molecule has 3 aliphatic carbocycles. The summed E-state index contributed by atoms with van der Waals surface area (Å²) >= 11 is 0. The van der Waals surface area contributed by atoms with E-state index in [9.17, 15) is 15.0 Å². The molecule has 1 heterocycles. The van der Waals surface area contributed by atoms with Gasteiger partial charge in [-0.1, -0.05) is 81.4 Å². The van der Waals surface area contributed by atoms with E-state index in [1.807, 2.05) is 30.3 Å². The van der Waals surface area contributed by atoms with Crippen molar-refractivity contribution in [3.8, 4) is 16.9 Å². The van der Waals surface area contributed by atoms with E-state index in [2.05, 4.69) is 73.9 Å². The Hall–Kier alpha value is -3.43. The van der Waals surface area contributed by atoms with Crippen LogP contribution in [0, 0.1) is 29.1 Å². The number of hydroxylamine groups is 2. The Morgan fingerprint density at radius 1 is 1.08 bits per heavy atom. The molecule has 8 heteroatoms. The number of methoxy groups -OCH3 is 1. The second-order valence-corrected chi connectivity index (χ2v) is 14.8. The van der Waals surface area contributed by atoms with Gasteiger partial charge in [0.05, 0.1) is 26.4 Å². The smallest absolute Gasteiger partial charge is 0.240 e. The molecule has 1 saturated heterocycles. The summed E-state index contributed by atoms with van der Waals surface area (Å²) in [6.07, 6.45) is 2.69. The van der Waals surface area contributed by atoms with E-state index in [0.29, 0.717) is 28.9 Å². The lowest BCUT2D eigenvalue weighted by molar-refractivity contribution is -0.183. The summed E-state index contributed by atoms with van der Waals surface area (Å²) in [5, 5.41) is 29.7. The lowest BCUT2D eigenvalue weighted by atomic mass is 9.45. The molecule has 3 aromatic carbocycles. The fourth-order valence-corrected chi connectivity index (χ4v) is 8.80. The van der Waals surface area contributed by atoms with E-state index in [1.165, 1.54) is 12.0 Å². The minimum Gasteiger partial charge on any atom is -0.496 e. The van der Waals surface area contributed by atoms with Gasteiger partial charge >= 0.3 is 0 Å². The van der Waals surface area contributed by atoms with E-state index in [0.717, 1.165) is 48.2 Å². The van der Waals surface area contributed by atoms with Gasteiger partial charge in [-0.15, -0.1) is 0 Å². The number of fused-ring (bicyclic) bond motifs is 2. The Balaban J connectivity index is 1.19. The second-order valence-electron chi connectivity index (χ2n) is 14.8. The maximum atomic E-state index is 14.1. The van der Waals surface area contributed by atoms with Crippen LogP contribution in [0.1, 0.15) is 58.1 Å². The first-order valence-electron chi connectivity index (χ1n) is 17.7. The summed E-state index contributed by atoms with van der Waals surface area (Å²) in [5.74, 6) is 1.52. The summed E-state index contributed by atoms with van der Waals surface area (Å²) in [4.78, 5) is 20.4. The number of hydrogen-bond acceptors (Lipinski definition) is 7. The number of aryl methyl sites for hydroxylation is 1. The number of anilines is 1. The van der Waals surface area contributed by atoms with Crippen LogP contribution in [0.15, 0.2) is 72.8 Å². The molecule has 0 spiro atoms. The van der Waals surface area contributed by atoms with Gasteiger partial charge in [-0.05, 0) is 79.0 Å². The molecule has 0 radical (unpaired) electrons. The number of hydrogen-bond donors (Lipinski definition) is 4. The second kappa shape index (κ2) is 14.6. The minimum absolute atomic E-state index is 0.0797. The molecular formula is C40H53N3O5. The first-order chi connectivity index (χ1) is 23.1. The summed E-state index contributed by atoms with van der Waals surface area (Å²) < 4.78 is 6.02. The molecule has 8 nitrogen and oxygen atoms in total. The average Bonchev–Trinajstić information content (AvgIpc) is 3.46. The van der Waals surface area contributed by atoms with Crippen molar-refractivity contribution < 1.29 is 24.6 Å². The van der Waals surface area contributed by atoms with Gasteiger partial charge in [0, 0.05) is 35.3 Å². The van der Waals surface area contributed by atoms with Crippen molar-refractivity contribution in [2.45, 2.75) is 84.2 Å². The number of nitrogens with one attached hydrogen (secondary N) is 2. The number of nitrogens with zero attached hydrogens (tertiary/aromatic N) is 1. The Morgan fingerprint density at radius 2 is 1.85 bits per heavy atom. The van der Waals surface area contributed by atoms with E-state index in [-0.39, 0.29) is 25.1 Å². The standard InChI is InChI=1S/C40H53N3O5/c1-25-33-21-30(40(33,3)4)22-34(25)42-39(46)37-36(26(2)45)35(24-44)48-43(37)23-29-16-10-18-32(38(29)47-5)28-15-9-17-31(20-28)41-19-11-14-27-12-7-6-8-13-27/h6-10,12-13,15-18,20,25-26,30,33-37,41,44-45H,11,14,19,21-24H2,1-5H3,(H,42,46)/t25-,26-,30+,33+,34-,35-,36-,37-/m0/s1. The predicted molar refractivity (Wildman–Crippen MR) is 189 cm³/mol. The topological polar surface area (TPSA) is 103 Å². The quantitative estimate of drug-likeness (QED) is 0.166. The zero-order chi connectivity index (χ0) is 34.0. The van der Waals surface area contributed by atoms with Crippen molar-refractivity contribution in [1.82, 2.24) is 10.4 Å². The van der Waals surface area contributed by atoms with Crippen LogP contribution < -0.4 is 15.4 Å². The lowest BCUT2D eigenvalue weighted by Gasteiger charge is -2.62. The molecule has 0 unspecified atom stereocenters. The zero-order valence-electron chi connectivity index (χ0n) is 29.1. The molecule has 4 fully saturated rings. The Bertz CT molecular complexity index is 1540. The Labute approximate surface area is 285 Å². The molecule has 3 aromatic rings. The van der Waals surface area contributed by atoms with Crippen LogP contribution in [-0.2, 0) is 22.6 Å². The van der Waals surface area contributed by atoms with E-state index >= 15 is 0 Å². The van der Waals surface area contributed by atoms with Crippen molar-refractivity contribution in [2.75, 3.05) is 25.6 Å². The Kier molecular flexibility index (Phi) is 10.5. The average molecular weight is 656 g/mol. The third kappa shape index (κ3) is 6.86. The number of carbonyl (C=O) groups excluding carboxylic acids is 1. The van der Waals surface area contributed by atoms with Crippen LogP contribution in [-0.4, -0.2) is 65.7 Å². The molecule has 258 valence electrons. The molecule has 4 aliphatic rings. The molecule has 2 bridgehead atoms. The van der Waals surface area contributed by atoms with Gasteiger partial charge in [0.15, 0.2) is 0 Å². The number of aliphatic hydroxyl groups is 2. The van der Waals surface area contributed by atoms with Crippen molar-refractivity contribution >= 4 is 11.6 Å². The molecule has 0 aromatic heterocycles. The fraction of sp³-hybridized carbons (Fsp3) is 0.525. The molecule has 7 rings (SSSR count). The van der Waals surface area contributed by atoms with Crippen LogP contribution in [0.5, 0.6) is 5.75 Å². The minimum atomic E-state index is -0.852. The number of amides is 1. The normalized spacial score (nSPS) is 28.4. The van der Waals surface area contributed by atoms with Crippen LogP contribution >= 0.6 is 0 Å². The molecule has 48 heavy (non-hydrogen) atoms. The van der Waals surface area contributed by atoms with Gasteiger partial charge in [0.25, 0.3) is 0 Å². The highest BCUT2D eigenvalue weighted by atomic mass is 16.7.